The quantitative estimate of drug-likeness (QED) is 0.154. The molecule has 0 aliphatic rings. The van der Waals surface area contributed by atoms with E-state index in [2.05, 4.69) is 26.8 Å². The summed E-state index contributed by atoms with van der Waals surface area (Å²) in [7, 11) is 0. The number of hydrogen-bond donors (Lipinski definition) is 1. The van der Waals surface area contributed by atoms with Gasteiger partial charge in [0.25, 0.3) is 0 Å². The minimum absolute atomic E-state index is 0. The number of hydrogen-bond acceptors (Lipinski definition) is 3. The van der Waals surface area contributed by atoms with E-state index in [1.807, 2.05) is 73.7 Å². The van der Waals surface area contributed by atoms with Gasteiger partial charge in [0.2, 0.25) is 0 Å². The Morgan fingerprint density at radius 1 is 0.750 bits per heavy atom. The predicted octanol–water partition coefficient (Wildman–Crippen LogP) is 14.7. The largest absolute Gasteiger partial charge is 0.507 e. The molecule has 6 aromatic carbocycles. The molecule has 60 heavy (non-hydrogen) atoms. The third kappa shape index (κ3) is 8.03. The Morgan fingerprint density at radius 2 is 1.45 bits per heavy atom. The molecule has 8 rings (SSSR count). The molecule has 8 aromatic rings. The summed E-state index contributed by atoms with van der Waals surface area (Å²) < 4.78 is 89.1. The van der Waals surface area contributed by atoms with Crippen molar-refractivity contribution in [3.8, 4) is 67.5 Å². The van der Waals surface area contributed by atoms with Gasteiger partial charge in [0, 0.05) is 39.8 Å². The zero-order valence-corrected chi connectivity index (χ0v) is 37.6. The summed E-state index contributed by atoms with van der Waals surface area (Å²) in [4.78, 5) is 10.0. The Labute approximate surface area is 384 Å². The van der Waals surface area contributed by atoms with Gasteiger partial charge in [-0.3, -0.25) is 9.55 Å². The maximum absolute atomic E-state index is 11.8. The second-order valence-corrected chi connectivity index (χ2v) is 16.8. The van der Waals surface area contributed by atoms with E-state index >= 15 is 0 Å². The van der Waals surface area contributed by atoms with Crippen LogP contribution in [0.4, 0.5) is 0 Å². The molecule has 0 radical (unpaired) electrons. The molecule has 5 heteroatoms. The van der Waals surface area contributed by atoms with Crippen LogP contribution in [0.3, 0.4) is 0 Å². The smallest absolute Gasteiger partial charge is 0.148 e. The molecular weight excluding hydrogens is 914 g/mol. The van der Waals surface area contributed by atoms with Crippen molar-refractivity contribution >= 4 is 11.0 Å². The van der Waals surface area contributed by atoms with Crippen molar-refractivity contribution < 1.29 is 39.9 Å². The fourth-order valence-electron chi connectivity index (χ4n) is 7.87. The van der Waals surface area contributed by atoms with E-state index in [1.165, 1.54) is 0 Å². The third-order valence-electron chi connectivity index (χ3n) is 10.9. The van der Waals surface area contributed by atoms with Crippen molar-refractivity contribution in [2.75, 3.05) is 0 Å². The van der Waals surface area contributed by atoms with Crippen molar-refractivity contribution in [1.29, 1.82) is 0 Å². The van der Waals surface area contributed by atoms with E-state index in [9.17, 15) is 5.11 Å². The number of fused-ring (bicyclic) bond motifs is 1. The number of para-hydroxylation sites is 1. The van der Waals surface area contributed by atoms with E-state index in [-0.39, 0.29) is 55.4 Å². The number of phenols is 1. The molecule has 0 atom stereocenters. The molecule has 4 nitrogen and oxygen atoms in total. The van der Waals surface area contributed by atoms with E-state index in [1.54, 1.807) is 69.6 Å². The van der Waals surface area contributed by atoms with Gasteiger partial charge < -0.3 is 5.11 Å². The molecule has 0 fully saturated rings. The van der Waals surface area contributed by atoms with Gasteiger partial charge >= 0.3 is 0 Å². The third-order valence-corrected chi connectivity index (χ3v) is 10.9. The molecule has 306 valence electrons. The van der Waals surface area contributed by atoms with Crippen LogP contribution in [0.25, 0.3) is 72.7 Å². The van der Waals surface area contributed by atoms with Gasteiger partial charge in [0.1, 0.15) is 11.6 Å². The van der Waals surface area contributed by atoms with Gasteiger partial charge in [-0.05, 0) is 118 Å². The number of benzene rings is 6. The number of aromatic nitrogens is 3. The van der Waals surface area contributed by atoms with Crippen LogP contribution in [-0.2, 0) is 26.5 Å². The van der Waals surface area contributed by atoms with Gasteiger partial charge in [-0.25, -0.2) is 4.98 Å². The van der Waals surface area contributed by atoms with Crippen LogP contribution in [0.2, 0.25) is 0 Å². The van der Waals surface area contributed by atoms with Crippen LogP contribution in [0.15, 0.2) is 127 Å². The first-order valence-electron chi connectivity index (χ1n) is 24.8. The SMILES string of the molecule is [2H]c1c([2H])c([2H])c(-c2ccnc(-c3[c-]c(-c4cccc5c4nc(-c4cc(C)cc(C)c4O)n5-c4ccc(-c5c(C([2H])(C)C)cccc5C([2H])(C)C)cc4C([2H])([2H])[2H])cc(C(C)(C)C)c3)c2)c([2H])c1[2H].[Pt]. The average Bonchev–Trinajstić information content (AvgIpc) is 3.67. The fraction of sp³-hybridized carbons (Fsp3) is 0.236. The van der Waals surface area contributed by atoms with Crippen LogP contribution in [-0.4, -0.2) is 19.6 Å². The molecule has 0 saturated carbocycles. The average molecular weight is 978 g/mol. The molecular formula is C55H54N3OPt-. The number of aryl methyl sites for hydroxylation is 3. The first-order valence-corrected chi connectivity index (χ1v) is 19.8. The van der Waals surface area contributed by atoms with Gasteiger partial charge in [0.05, 0.1) is 29.1 Å². The van der Waals surface area contributed by atoms with Crippen LogP contribution in [0.5, 0.6) is 5.75 Å². The number of nitrogens with zero attached hydrogens (tertiary/aromatic N) is 3. The van der Waals surface area contributed by atoms with Gasteiger partial charge in [-0.15, -0.1) is 29.3 Å². The van der Waals surface area contributed by atoms with Crippen molar-refractivity contribution in [1.82, 2.24) is 14.5 Å². The standard InChI is InChI=1S/C55H54N3O.Pt/c1-33(2)44-18-14-19-45(34(3)4)51(44)40-22-23-49(36(6)28-40)58-50-21-15-20-46(52(50)57-54(58)47-27-35(5)26-37(7)53(47)59)41-29-42(31-43(30-41)55(8,9)10)48-32-39(24-25-56-48)38-16-12-11-13-17-38;/h11-28,30-34,59H,1-10H3;/q-1;/i6D3,11D,12D,13D,16D,17D,33D,34D;. The van der Waals surface area contributed by atoms with Crippen molar-refractivity contribution in [2.24, 2.45) is 0 Å². The molecule has 0 unspecified atom stereocenters. The summed E-state index contributed by atoms with van der Waals surface area (Å²) in [5.74, 6) is -1.86. The van der Waals surface area contributed by atoms with Crippen LogP contribution >= 0.6 is 0 Å². The zero-order valence-electron chi connectivity index (χ0n) is 45.3. The second-order valence-electron chi connectivity index (χ2n) is 16.8. The minimum Gasteiger partial charge on any atom is -0.507 e. The van der Waals surface area contributed by atoms with Gasteiger partial charge in [0.15, 0.2) is 0 Å². The Balaban J connectivity index is 0.00000722. The van der Waals surface area contributed by atoms with Crippen molar-refractivity contribution in [2.45, 2.75) is 86.4 Å². The zero-order chi connectivity index (χ0) is 50.4. The Morgan fingerprint density at radius 3 is 2.13 bits per heavy atom. The summed E-state index contributed by atoms with van der Waals surface area (Å²) in [6, 6.07) is 29.1. The van der Waals surface area contributed by atoms with E-state index in [0.29, 0.717) is 83.9 Å². The molecule has 0 aliphatic heterocycles. The number of imidazole rings is 1. The molecule has 1 N–H and O–H groups in total. The van der Waals surface area contributed by atoms with Gasteiger partial charge in [-0.1, -0.05) is 138 Å². The maximum Gasteiger partial charge on any atom is 0.148 e. The summed E-state index contributed by atoms with van der Waals surface area (Å²) in [5, 5.41) is 11.8. The Hall–Kier alpha value is -5.57. The van der Waals surface area contributed by atoms with Crippen LogP contribution in [0.1, 0.15) is 107 Å². The topological polar surface area (TPSA) is 50.9 Å². The Bertz CT molecular complexity index is 3320. The molecule has 2 heterocycles. The van der Waals surface area contributed by atoms with Crippen molar-refractivity contribution in [3.05, 3.63) is 167 Å². The van der Waals surface area contributed by atoms with Gasteiger partial charge in [-0.2, -0.15) is 0 Å². The number of phenolic OH excluding ortho intramolecular Hbond substituents is 1. The van der Waals surface area contributed by atoms with E-state index in [0.717, 1.165) is 11.1 Å². The predicted molar refractivity (Wildman–Crippen MR) is 248 cm³/mol. The summed E-state index contributed by atoms with van der Waals surface area (Å²) in [6.45, 7) is 14.4. The van der Waals surface area contributed by atoms with Crippen LogP contribution in [0, 0.1) is 26.8 Å². The summed E-state index contributed by atoms with van der Waals surface area (Å²) >= 11 is 0. The van der Waals surface area contributed by atoms with Crippen molar-refractivity contribution in [3.63, 3.8) is 0 Å². The number of aromatic hydroxyl groups is 1. The van der Waals surface area contributed by atoms with E-state index < -0.39 is 36.8 Å². The monoisotopic (exact) mass is 977 g/mol. The number of pyridine rings is 1. The first-order chi connectivity index (χ1) is 32.1. The molecule has 0 bridgehead atoms. The fourth-order valence-corrected chi connectivity index (χ4v) is 7.87. The maximum atomic E-state index is 11.8. The molecule has 0 amide bonds. The molecule has 0 aliphatic carbocycles. The molecule has 0 spiro atoms. The molecule has 0 saturated heterocycles. The van der Waals surface area contributed by atoms with Crippen LogP contribution < -0.4 is 0 Å². The normalized spacial score (nSPS) is 14.7. The number of rotatable bonds is 8. The van der Waals surface area contributed by atoms with E-state index in [4.69, 9.17) is 23.7 Å². The Kier molecular flexibility index (Phi) is 8.78. The first kappa shape index (κ1) is 31.3. The second kappa shape index (κ2) is 16.8. The summed E-state index contributed by atoms with van der Waals surface area (Å²) in [6.07, 6.45) is 1.54. The molecule has 2 aromatic heterocycles. The summed E-state index contributed by atoms with van der Waals surface area (Å²) in [5.41, 5.74) is 9.11. The minimum atomic E-state index is -2.66.